The zero-order valence-corrected chi connectivity index (χ0v) is 11.0. The van der Waals surface area contributed by atoms with Crippen LogP contribution in [0.5, 0.6) is 0 Å². The molecular weight excluding hydrogens is 229 g/mol. The standard InChI is InChI=1S/C15H22FNO/c1-11-10-12(16)7-8-14(11)15(17)6-2-4-13-5-3-9-18-13/h7-8,10,13,15H,2-6,9,17H2,1H3. The lowest BCUT2D eigenvalue weighted by Crippen LogP contribution is -2.13. The van der Waals surface area contributed by atoms with Crippen molar-refractivity contribution < 1.29 is 9.13 Å². The summed E-state index contributed by atoms with van der Waals surface area (Å²) in [6.45, 7) is 2.83. The fourth-order valence-corrected chi connectivity index (χ4v) is 2.65. The first kappa shape index (κ1) is 13.5. The average Bonchev–Trinajstić information content (AvgIpc) is 2.81. The smallest absolute Gasteiger partial charge is 0.123 e. The van der Waals surface area contributed by atoms with E-state index in [-0.39, 0.29) is 11.9 Å². The van der Waals surface area contributed by atoms with E-state index in [4.69, 9.17) is 10.5 Å². The highest BCUT2D eigenvalue weighted by Crippen LogP contribution is 2.24. The van der Waals surface area contributed by atoms with Crippen molar-refractivity contribution >= 4 is 0 Å². The summed E-state index contributed by atoms with van der Waals surface area (Å²) in [4.78, 5) is 0. The van der Waals surface area contributed by atoms with Gasteiger partial charge in [0, 0.05) is 12.6 Å². The highest BCUT2D eigenvalue weighted by Gasteiger charge is 2.16. The van der Waals surface area contributed by atoms with E-state index in [9.17, 15) is 4.39 Å². The molecule has 2 unspecified atom stereocenters. The summed E-state index contributed by atoms with van der Waals surface area (Å²) >= 11 is 0. The highest BCUT2D eigenvalue weighted by atomic mass is 19.1. The zero-order chi connectivity index (χ0) is 13.0. The molecule has 2 nitrogen and oxygen atoms in total. The number of nitrogens with two attached hydrogens (primary N) is 1. The summed E-state index contributed by atoms with van der Waals surface area (Å²) in [5, 5.41) is 0. The van der Waals surface area contributed by atoms with Crippen LogP contribution in [-0.2, 0) is 4.74 Å². The van der Waals surface area contributed by atoms with Crippen LogP contribution in [0.15, 0.2) is 18.2 Å². The van der Waals surface area contributed by atoms with Gasteiger partial charge in [-0.2, -0.15) is 0 Å². The minimum absolute atomic E-state index is 0.00648. The molecule has 1 aromatic rings. The Balaban J connectivity index is 1.81. The Bertz CT molecular complexity index is 388. The quantitative estimate of drug-likeness (QED) is 0.869. The van der Waals surface area contributed by atoms with Crippen LogP contribution in [-0.4, -0.2) is 12.7 Å². The summed E-state index contributed by atoms with van der Waals surface area (Å²) in [6.07, 6.45) is 5.91. The second-order valence-electron chi connectivity index (χ2n) is 5.17. The van der Waals surface area contributed by atoms with Gasteiger partial charge >= 0.3 is 0 Å². The number of aryl methyl sites for hydroxylation is 1. The molecule has 0 aromatic heterocycles. The molecule has 0 spiro atoms. The summed E-state index contributed by atoms with van der Waals surface area (Å²) in [7, 11) is 0. The van der Waals surface area contributed by atoms with E-state index in [1.807, 2.05) is 6.92 Å². The third-order valence-electron chi connectivity index (χ3n) is 3.70. The van der Waals surface area contributed by atoms with Crippen molar-refractivity contribution in [1.82, 2.24) is 0 Å². The van der Waals surface area contributed by atoms with E-state index in [1.54, 1.807) is 12.1 Å². The van der Waals surface area contributed by atoms with Gasteiger partial charge in [-0.05, 0) is 62.3 Å². The molecule has 2 N–H and O–H groups in total. The lowest BCUT2D eigenvalue weighted by Gasteiger charge is -2.16. The first-order valence-corrected chi connectivity index (χ1v) is 6.80. The van der Waals surface area contributed by atoms with E-state index in [0.29, 0.717) is 6.10 Å². The van der Waals surface area contributed by atoms with Crippen LogP contribution in [0.4, 0.5) is 4.39 Å². The maximum atomic E-state index is 13.0. The Labute approximate surface area is 108 Å². The van der Waals surface area contributed by atoms with Crippen molar-refractivity contribution in [3.8, 4) is 0 Å². The van der Waals surface area contributed by atoms with Crippen molar-refractivity contribution in [3.63, 3.8) is 0 Å². The second kappa shape index (κ2) is 6.30. The first-order chi connectivity index (χ1) is 8.66. The Kier molecular flexibility index (Phi) is 4.72. The molecule has 1 fully saturated rings. The van der Waals surface area contributed by atoms with Crippen molar-refractivity contribution in [3.05, 3.63) is 35.1 Å². The normalized spacial score (nSPS) is 21.2. The van der Waals surface area contributed by atoms with Gasteiger partial charge in [0.1, 0.15) is 5.82 Å². The van der Waals surface area contributed by atoms with Gasteiger partial charge < -0.3 is 10.5 Å². The van der Waals surface area contributed by atoms with E-state index >= 15 is 0 Å². The summed E-state index contributed by atoms with van der Waals surface area (Å²) in [6, 6.07) is 4.85. The SMILES string of the molecule is Cc1cc(F)ccc1C(N)CCCC1CCCO1. The number of halogens is 1. The molecule has 2 rings (SSSR count). The molecule has 1 aliphatic rings. The van der Waals surface area contributed by atoms with E-state index < -0.39 is 0 Å². The molecule has 3 heteroatoms. The largest absolute Gasteiger partial charge is 0.378 e. The highest BCUT2D eigenvalue weighted by molar-refractivity contribution is 5.29. The van der Waals surface area contributed by atoms with Gasteiger partial charge in [0.25, 0.3) is 0 Å². The maximum absolute atomic E-state index is 13.0. The first-order valence-electron chi connectivity index (χ1n) is 6.80. The number of hydrogen-bond acceptors (Lipinski definition) is 2. The zero-order valence-electron chi connectivity index (χ0n) is 11.0. The van der Waals surface area contributed by atoms with Crippen LogP contribution < -0.4 is 5.73 Å². The van der Waals surface area contributed by atoms with Crippen LogP contribution in [0.25, 0.3) is 0 Å². The van der Waals surface area contributed by atoms with Crippen LogP contribution in [0, 0.1) is 12.7 Å². The predicted molar refractivity (Wildman–Crippen MR) is 70.9 cm³/mol. The van der Waals surface area contributed by atoms with Crippen LogP contribution in [0.1, 0.15) is 49.3 Å². The van der Waals surface area contributed by atoms with E-state index in [2.05, 4.69) is 0 Å². The Morgan fingerprint density at radius 3 is 3.00 bits per heavy atom. The molecule has 1 saturated heterocycles. The monoisotopic (exact) mass is 251 g/mol. The molecule has 0 bridgehead atoms. The topological polar surface area (TPSA) is 35.2 Å². The molecule has 0 radical (unpaired) electrons. The van der Waals surface area contributed by atoms with Gasteiger partial charge in [0.15, 0.2) is 0 Å². The summed E-state index contributed by atoms with van der Waals surface area (Å²) < 4.78 is 18.6. The number of rotatable bonds is 5. The lowest BCUT2D eigenvalue weighted by atomic mass is 9.96. The fourth-order valence-electron chi connectivity index (χ4n) is 2.65. The molecular formula is C15H22FNO. The minimum atomic E-state index is -0.192. The molecule has 2 atom stereocenters. The summed E-state index contributed by atoms with van der Waals surface area (Å²) in [5.74, 6) is -0.192. The minimum Gasteiger partial charge on any atom is -0.378 e. The van der Waals surface area contributed by atoms with Gasteiger partial charge in [-0.1, -0.05) is 6.07 Å². The number of hydrogen-bond donors (Lipinski definition) is 1. The van der Waals surface area contributed by atoms with Gasteiger partial charge in [0.2, 0.25) is 0 Å². The molecule has 18 heavy (non-hydrogen) atoms. The van der Waals surface area contributed by atoms with Crippen LogP contribution >= 0.6 is 0 Å². The van der Waals surface area contributed by atoms with Gasteiger partial charge in [0.05, 0.1) is 6.10 Å². The van der Waals surface area contributed by atoms with Gasteiger partial charge in [-0.25, -0.2) is 4.39 Å². The Morgan fingerprint density at radius 2 is 2.33 bits per heavy atom. The lowest BCUT2D eigenvalue weighted by molar-refractivity contribution is 0.101. The fraction of sp³-hybridized carbons (Fsp3) is 0.600. The number of ether oxygens (including phenoxy) is 1. The maximum Gasteiger partial charge on any atom is 0.123 e. The Hall–Kier alpha value is -0.930. The van der Waals surface area contributed by atoms with Crippen molar-refractivity contribution in [1.29, 1.82) is 0 Å². The molecule has 100 valence electrons. The predicted octanol–water partition coefficient (Wildman–Crippen LogP) is 3.48. The van der Waals surface area contributed by atoms with Crippen LogP contribution in [0.2, 0.25) is 0 Å². The Morgan fingerprint density at radius 1 is 1.50 bits per heavy atom. The van der Waals surface area contributed by atoms with Crippen molar-refractivity contribution in [2.24, 2.45) is 5.73 Å². The molecule has 1 heterocycles. The number of benzene rings is 1. The second-order valence-corrected chi connectivity index (χ2v) is 5.17. The van der Waals surface area contributed by atoms with E-state index in [1.165, 1.54) is 18.9 Å². The van der Waals surface area contributed by atoms with Gasteiger partial charge in [-0.15, -0.1) is 0 Å². The third kappa shape index (κ3) is 3.53. The summed E-state index contributed by atoms with van der Waals surface area (Å²) in [5.41, 5.74) is 8.17. The average molecular weight is 251 g/mol. The van der Waals surface area contributed by atoms with Gasteiger partial charge in [-0.3, -0.25) is 0 Å². The van der Waals surface area contributed by atoms with Crippen molar-refractivity contribution in [2.45, 2.75) is 51.2 Å². The molecule has 0 saturated carbocycles. The molecule has 1 aromatic carbocycles. The van der Waals surface area contributed by atoms with Crippen LogP contribution in [0.3, 0.4) is 0 Å². The molecule has 1 aliphatic heterocycles. The molecule has 0 amide bonds. The van der Waals surface area contributed by atoms with E-state index in [0.717, 1.165) is 37.0 Å². The van der Waals surface area contributed by atoms with Crippen molar-refractivity contribution in [2.75, 3.05) is 6.61 Å². The molecule has 0 aliphatic carbocycles. The third-order valence-corrected chi connectivity index (χ3v) is 3.70.